The molecule has 0 saturated carbocycles. The van der Waals surface area contributed by atoms with E-state index in [1.165, 1.54) is 12.1 Å². The number of amides is 1. The molecule has 1 amide bonds. The molecule has 0 bridgehead atoms. The highest BCUT2D eigenvalue weighted by molar-refractivity contribution is 7.80. The fourth-order valence-corrected chi connectivity index (χ4v) is 1.58. The molecule has 2 nitrogen and oxygen atoms in total. The zero-order valence-corrected chi connectivity index (χ0v) is 10.3. The molecule has 0 radical (unpaired) electrons. The van der Waals surface area contributed by atoms with E-state index in [-0.39, 0.29) is 5.56 Å². The summed E-state index contributed by atoms with van der Waals surface area (Å²) in [7, 11) is 0. The summed E-state index contributed by atoms with van der Waals surface area (Å²) in [6, 6.07) is 7.83. The summed E-state index contributed by atoms with van der Waals surface area (Å²) in [5.41, 5.74) is -0.166. The molecule has 0 saturated heterocycles. The van der Waals surface area contributed by atoms with Gasteiger partial charge >= 0.3 is 0 Å². The molecule has 0 aliphatic carbocycles. The normalized spacial score (nSPS) is 10.3. The van der Waals surface area contributed by atoms with E-state index >= 15 is 0 Å². The first-order valence-corrected chi connectivity index (χ1v) is 5.67. The summed E-state index contributed by atoms with van der Waals surface area (Å²) in [6.45, 7) is 0. The van der Waals surface area contributed by atoms with Crippen LogP contribution in [0.2, 0.25) is 0 Å². The van der Waals surface area contributed by atoms with Crippen molar-refractivity contribution >= 4 is 24.2 Å². The monoisotopic (exact) mass is 283 g/mol. The fourth-order valence-electron chi connectivity index (χ4n) is 1.43. The Morgan fingerprint density at radius 2 is 1.58 bits per heavy atom. The predicted molar refractivity (Wildman–Crippen MR) is 68.0 cm³/mol. The summed E-state index contributed by atoms with van der Waals surface area (Å²) >= 11 is 4.06. The third kappa shape index (κ3) is 2.90. The maximum Gasteiger partial charge on any atom is 0.255 e. The Morgan fingerprint density at radius 1 is 0.947 bits per heavy atom. The summed E-state index contributed by atoms with van der Waals surface area (Å²) < 4.78 is 39.1. The summed E-state index contributed by atoms with van der Waals surface area (Å²) in [5.74, 6) is -4.99. The van der Waals surface area contributed by atoms with Gasteiger partial charge in [0.05, 0.1) is 5.69 Å². The van der Waals surface area contributed by atoms with E-state index in [1.807, 2.05) is 0 Å². The van der Waals surface area contributed by atoms with Crippen molar-refractivity contribution in [2.75, 3.05) is 5.32 Å². The van der Waals surface area contributed by atoms with E-state index in [0.717, 1.165) is 12.1 Å². The van der Waals surface area contributed by atoms with E-state index in [0.29, 0.717) is 4.90 Å². The molecule has 2 aromatic rings. The second kappa shape index (κ2) is 5.36. The Kier molecular flexibility index (Phi) is 3.80. The van der Waals surface area contributed by atoms with Crippen molar-refractivity contribution in [2.24, 2.45) is 0 Å². The summed E-state index contributed by atoms with van der Waals surface area (Å²) in [6.07, 6.45) is 0. The molecule has 0 aliphatic rings. The van der Waals surface area contributed by atoms with Gasteiger partial charge in [-0.2, -0.15) is 0 Å². The van der Waals surface area contributed by atoms with Crippen molar-refractivity contribution in [1.82, 2.24) is 0 Å². The van der Waals surface area contributed by atoms with Crippen LogP contribution in [0.3, 0.4) is 0 Å². The number of anilines is 1. The van der Waals surface area contributed by atoms with E-state index in [9.17, 15) is 18.0 Å². The van der Waals surface area contributed by atoms with Gasteiger partial charge in [-0.05, 0) is 36.4 Å². The Morgan fingerprint density at radius 3 is 2.21 bits per heavy atom. The average molecular weight is 283 g/mol. The minimum Gasteiger partial charge on any atom is -0.319 e. The van der Waals surface area contributed by atoms with Gasteiger partial charge in [0.1, 0.15) is 0 Å². The number of halogens is 3. The van der Waals surface area contributed by atoms with Crippen LogP contribution >= 0.6 is 12.6 Å². The summed E-state index contributed by atoms with van der Waals surface area (Å²) in [5, 5.41) is 2.17. The quantitative estimate of drug-likeness (QED) is 0.639. The molecule has 19 heavy (non-hydrogen) atoms. The number of nitrogens with one attached hydrogen (secondary N) is 1. The fraction of sp³-hybridized carbons (Fsp3) is 0. The standard InChI is InChI=1S/C13H8F3NOS/c14-9-5-6-10(12(16)11(9)15)17-13(18)7-1-3-8(19)4-2-7/h1-6,19H,(H,17,18). The van der Waals surface area contributed by atoms with Crippen LogP contribution in [-0.2, 0) is 0 Å². The molecule has 1 N–H and O–H groups in total. The van der Waals surface area contributed by atoms with Gasteiger partial charge in [-0.25, -0.2) is 13.2 Å². The van der Waals surface area contributed by atoms with Gasteiger partial charge in [-0.1, -0.05) is 0 Å². The molecular weight excluding hydrogens is 275 g/mol. The lowest BCUT2D eigenvalue weighted by molar-refractivity contribution is 0.102. The van der Waals surface area contributed by atoms with Crippen LogP contribution in [0.5, 0.6) is 0 Å². The van der Waals surface area contributed by atoms with Gasteiger partial charge in [0.2, 0.25) is 0 Å². The first kappa shape index (κ1) is 13.5. The number of hydrogen-bond acceptors (Lipinski definition) is 2. The minimum atomic E-state index is -1.62. The maximum atomic E-state index is 13.4. The first-order valence-electron chi connectivity index (χ1n) is 5.23. The van der Waals surface area contributed by atoms with E-state index in [2.05, 4.69) is 17.9 Å². The zero-order valence-electron chi connectivity index (χ0n) is 9.45. The third-order valence-electron chi connectivity index (χ3n) is 2.41. The maximum absolute atomic E-state index is 13.4. The Hall–Kier alpha value is -1.95. The van der Waals surface area contributed by atoms with Crippen LogP contribution in [0, 0.1) is 17.5 Å². The average Bonchev–Trinajstić information content (AvgIpc) is 2.40. The van der Waals surface area contributed by atoms with Gasteiger partial charge in [0, 0.05) is 10.5 Å². The molecule has 98 valence electrons. The largest absolute Gasteiger partial charge is 0.319 e. The van der Waals surface area contributed by atoms with Crippen LogP contribution in [0.4, 0.5) is 18.9 Å². The SMILES string of the molecule is O=C(Nc1ccc(F)c(F)c1F)c1ccc(S)cc1. The van der Waals surface area contributed by atoms with E-state index in [1.54, 1.807) is 12.1 Å². The Labute approximate surface area is 112 Å². The highest BCUT2D eigenvalue weighted by atomic mass is 32.1. The molecule has 0 aromatic heterocycles. The van der Waals surface area contributed by atoms with Crippen LogP contribution in [0.15, 0.2) is 41.3 Å². The predicted octanol–water partition coefficient (Wildman–Crippen LogP) is 3.64. The molecule has 2 rings (SSSR count). The molecule has 0 fully saturated rings. The molecule has 0 atom stereocenters. The van der Waals surface area contributed by atoms with Gasteiger partial charge in [0.15, 0.2) is 17.5 Å². The van der Waals surface area contributed by atoms with Crippen molar-refractivity contribution in [3.8, 4) is 0 Å². The van der Waals surface area contributed by atoms with Crippen molar-refractivity contribution in [3.05, 3.63) is 59.4 Å². The van der Waals surface area contributed by atoms with Crippen molar-refractivity contribution < 1.29 is 18.0 Å². The lowest BCUT2D eigenvalue weighted by Crippen LogP contribution is -2.13. The lowest BCUT2D eigenvalue weighted by Gasteiger charge is -2.07. The Balaban J connectivity index is 2.24. The van der Waals surface area contributed by atoms with Crippen LogP contribution in [0.25, 0.3) is 0 Å². The van der Waals surface area contributed by atoms with Crippen LogP contribution < -0.4 is 5.32 Å². The van der Waals surface area contributed by atoms with Gasteiger partial charge < -0.3 is 5.32 Å². The highest BCUT2D eigenvalue weighted by Crippen LogP contribution is 2.20. The third-order valence-corrected chi connectivity index (χ3v) is 2.71. The topological polar surface area (TPSA) is 29.1 Å². The van der Waals surface area contributed by atoms with Gasteiger partial charge in [0.25, 0.3) is 5.91 Å². The Bertz CT molecular complexity index is 629. The minimum absolute atomic E-state index is 0.252. The number of rotatable bonds is 2. The number of benzene rings is 2. The van der Waals surface area contributed by atoms with Crippen molar-refractivity contribution in [1.29, 1.82) is 0 Å². The van der Waals surface area contributed by atoms with Crippen molar-refractivity contribution in [3.63, 3.8) is 0 Å². The van der Waals surface area contributed by atoms with Crippen molar-refractivity contribution in [2.45, 2.75) is 4.90 Å². The molecule has 6 heteroatoms. The van der Waals surface area contributed by atoms with Gasteiger partial charge in [-0.3, -0.25) is 4.79 Å². The second-order valence-electron chi connectivity index (χ2n) is 3.72. The van der Waals surface area contributed by atoms with E-state index < -0.39 is 29.0 Å². The molecule has 0 unspecified atom stereocenters. The second-order valence-corrected chi connectivity index (χ2v) is 4.24. The van der Waals surface area contributed by atoms with Gasteiger partial charge in [-0.15, -0.1) is 12.6 Å². The zero-order chi connectivity index (χ0) is 14.0. The molecule has 0 spiro atoms. The molecule has 2 aromatic carbocycles. The molecule has 0 aliphatic heterocycles. The number of thiol groups is 1. The smallest absolute Gasteiger partial charge is 0.255 e. The number of carbonyl (C=O) groups is 1. The number of hydrogen-bond donors (Lipinski definition) is 2. The van der Waals surface area contributed by atoms with Crippen LogP contribution in [0.1, 0.15) is 10.4 Å². The van der Waals surface area contributed by atoms with Crippen LogP contribution in [-0.4, -0.2) is 5.91 Å². The highest BCUT2D eigenvalue weighted by Gasteiger charge is 2.15. The lowest BCUT2D eigenvalue weighted by atomic mass is 10.2. The first-order chi connectivity index (χ1) is 8.99. The summed E-state index contributed by atoms with van der Waals surface area (Å²) in [4.78, 5) is 12.4. The van der Waals surface area contributed by atoms with E-state index in [4.69, 9.17) is 0 Å². The molecular formula is C13H8F3NOS. The molecule has 0 heterocycles. The number of carbonyl (C=O) groups excluding carboxylic acids is 1.